The molecule has 23 heavy (non-hydrogen) atoms. The molecule has 118 valence electrons. The highest BCUT2D eigenvalue weighted by atomic mass is 32.1. The van der Waals surface area contributed by atoms with Gasteiger partial charge < -0.3 is 4.57 Å². The van der Waals surface area contributed by atoms with E-state index < -0.39 is 0 Å². The van der Waals surface area contributed by atoms with Gasteiger partial charge in [-0.1, -0.05) is 54.5 Å². The lowest BCUT2D eigenvalue weighted by atomic mass is 10.2. The minimum absolute atomic E-state index is 0.820. The lowest BCUT2D eigenvalue weighted by Gasteiger charge is -2.02. The number of unbranched alkanes of at least 4 members (excludes halogenated alkanes) is 1. The Hall–Kier alpha value is -2.27. The van der Waals surface area contributed by atoms with Crippen molar-refractivity contribution in [3.05, 3.63) is 58.9 Å². The fourth-order valence-electron chi connectivity index (χ4n) is 2.35. The topological polar surface area (TPSA) is 42.0 Å². The SMILES string of the molecule is CCCCn1/c(=N/N=Nc2ccc(C)cc2)sc2ccccc21. The first-order valence-corrected chi connectivity index (χ1v) is 8.69. The molecule has 0 bridgehead atoms. The van der Waals surface area contributed by atoms with Crippen LogP contribution in [0.25, 0.3) is 10.2 Å². The Morgan fingerprint density at radius 3 is 2.61 bits per heavy atom. The van der Waals surface area contributed by atoms with Crippen LogP contribution in [0.2, 0.25) is 0 Å². The third kappa shape index (κ3) is 3.74. The first kappa shape index (κ1) is 15.6. The van der Waals surface area contributed by atoms with E-state index in [1.807, 2.05) is 24.3 Å². The van der Waals surface area contributed by atoms with Crippen LogP contribution in [-0.2, 0) is 6.54 Å². The number of hydrogen-bond donors (Lipinski definition) is 0. The number of aromatic nitrogens is 1. The summed E-state index contributed by atoms with van der Waals surface area (Å²) >= 11 is 1.65. The Morgan fingerprint density at radius 1 is 1.04 bits per heavy atom. The molecule has 1 aromatic heterocycles. The molecular formula is C18H20N4S. The first-order chi connectivity index (χ1) is 11.3. The Bertz CT molecular complexity index is 872. The van der Waals surface area contributed by atoms with Gasteiger partial charge in [-0.25, -0.2) is 0 Å². The predicted octanol–water partition coefficient (Wildman–Crippen LogP) is 5.41. The quantitative estimate of drug-likeness (QED) is 0.445. The van der Waals surface area contributed by atoms with Gasteiger partial charge in [0.15, 0.2) is 0 Å². The largest absolute Gasteiger partial charge is 0.315 e. The number of aryl methyl sites for hydroxylation is 2. The van der Waals surface area contributed by atoms with Crippen molar-refractivity contribution in [3.8, 4) is 0 Å². The van der Waals surface area contributed by atoms with Crippen LogP contribution in [0.1, 0.15) is 25.3 Å². The minimum Gasteiger partial charge on any atom is -0.315 e. The molecule has 3 aromatic rings. The maximum Gasteiger partial charge on any atom is 0.213 e. The molecular weight excluding hydrogens is 304 g/mol. The number of nitrogens with zero attached hydrogens (tertiary/aromatic N) is 4. The second-order valence-electron chi connectivity index (χ2n) is 5.48. The molecule has 0 amide bonds. The zero-order valence-electron chi connectivity index (χ0n) is 13.4. The van der Waals surface area contributed by atoms with Crippen LogP contribution in [0.4, 0.5) is 5.69 Å². The third-order valence-corrected chi connectivity index (χ3v) is 4.70. The monoisotopic (exact) mass is 324 g/mol. The molecule has 0 N–H and O–H groups in total. The minimum atomic E-state index is 0.820. The van der Waals surface area contributed by atoms with Crippen LogP contribution in [-0.4, -0.2) is 4.57 Å². The number of thiazole rings is 1. The maximum atomic E-state index is 4.35. The van der Waals surface area contributed by atoms with Crippen molar-refractivity contribution in [1.82, 2.24) is 4.57 Å². The van der Waals surface area contributed by atoms with Crippen molar-refractivity contribution in [2.24, 2.45) is 15.4 Å². The summed E-state index contributed by atoms with van der Waals surface area (Å²) in [6.07, 6.45) is 2.28. The van der Waals surface area contributed by atoms with Crippen LogP contribution < -0.4 is 4.80 Å². The predicted molar refractivity (Wildman–Crippen MR) is 96.0 cm³/mol. The summed E-state index contributed by atoms with van der Waals surface area (Å²) in [5, 5.41) is 12.6. The highest BCUT2D eigenvalue weighted by Gasteiger charge is 2.04. The van der Waals surface area contributed by atoms with Gasteiger partial charge in [0.1, 0.15) is 0 Å². The van der Waals surface area contributed by atoms with E-state index in [4.69, 9.17) is 0 Å². The van der Waals surface area contributed by atoms with Crippen LogP contribution in [0.5, 0.6) is 0 Å². The normalized spacial score (nSPS) is 12.5. The van der Waals surface area contributed by atoms with Gasteiger partial charge in [-0.2, -0.15) is 0 Å². The highest BCUT2D eigenvalue weighted by molar-refractivity contribution is 7.16. The van der Waals surface area contributed by atoms with Crippen molar-refractivity contribution in [3.63, 3.8) is 0 Å². The summed E-state index contributed by atoms with van der Waals surface area (Å²) in [6.45, 7) is 5.21. The summed E-state index contributed by atoms with van der Waals surface area (Å²) in [7, 11) is 0. The number of fused-ring (bicyclic) bond motifs is 1. The van der Waals surface area contributed by atoms with Gasteiger partial charge in [-0.3, -0.25) is 0 Å². The molecule has 4 nitrogen and oxygen atoms in total. The van der Waals surface area contributed by atoms with Gasteiger partial charge in [0, 0.05) is 6.54 Å². The van der Waals surface area contributed by atoms with Crippen molar-refractivity contribution in [1.29, 1.82) is 0 Å². The fraction of sp³-hybridized carbons (Fsp3) is 0.278. The molecule has 0 radical (unpaired) electrons. The van der Waals surface area contributed by atoms with E-state index in [1.54, 1.807) is 11.3 Å². The van der Waals surface area contributed by atoms with Crippen molar-refractivity contribution < 1.29 is 0 Å². The van der Waals surface area contributed by atoms with E-state index in [0.29, 0.717) is 0 Å². The van der Waals surface area contributed by atoms with Gasteiger partial charge >= 0.3 is 0 Å². The average molecular weight is 324 g/mol. The Kier molecular flexibility index (Phi) is 4.98. The molecule has 0 saturated carbocycles. The van der Waals surface area contributed by atoms with Crippen LogP contribution in [0.3, 0.4) is 0 Å². The molecule has 2 aromatic carbocycles. The second kappa shape index (κ2) is 7.33. The molecule has 0 aliphatic heterocycles. The van der Waals surface area contributed by atoms with E-state index in [1.165, 1.54) is 15.8 Å². The Balaban J connectivity index is 1.95. The molecule has 5 heteroatoms. The lowest BCUT2D eigenvalue weighted by molar-refractivity contribution is 0.630. The average Bonchev–Trinajstić information content (AvgIpc) is 2.92. The van der Waals surface area contributed by atoms with Crippen LogP contribution >= 0.6 is 11.3 Å². The number of rotatable bonds is 5. The van der Waals surface area contributed by atoms with E-state index >= 15 is 0 Å². The van der Waals surface area contributed by atoms with Crippen molar-refractivity contribution in [2.75, 3.05) is 0 Å². The summed E-state index contributed by atoms with van der Waals surface area (Å²) in [5.74, 6) is 0. The highest BCUT2D eigenvalue weighted by Crippen LogP contribution is 2.17. The van der Waals surface area contributed by atoms with E-state index in [2.05, 4.69) is 58.1 Å². The van der Waals surface area contributed by atoms with E-state index in [-0.39, 0.29) is 0 Å². The molecule has 3 rings (SSSR count). The van der Waals surface area contributed by atoms with E-state index in [9.17, 15) is 0 Å². The van der Waals surface area contributed by atoms with Gasteiger partial charge in [0.25, 0.3) is 0 Å². The van der Waals surface area contributed by atoms with Gasteiger partial charge in [-0.05, 0) is 42.8 Å². The zero-order valence-corrected chi connectivity index (χ0v) is 14.3. The molecule has 0 spiro atoms. The molecule has 0 aliphatic carbocycles. The number of benzene rings is 2. The van der Waals surface area contributed by atoms with Crippen molar-refractivity contribution >= 4 is 27.2 Å². The summed E-state index contributed by atoms with van der Waals surface area (Å²) in [4.78, 5) is 0.899. The standard InChI is InChI=1S/C18H20N4S/c1-3-4-13-22-16-7-5-6-8-17(16)23-18(22)20-21-19-15-11-9-14(2)10-12-15/h5-12H,3-4,13H2,1-2H3/b20-18-,21-19?. The Labute approximate surface area is 139 Å². The third-order valence-electron chi connectivity index (χ3n) is 3.65. The first-order valence-electron chi connectivity index (χ1n) is 7.87. The maximum absolute atomic E-state index is 4.35. The lowest BCUT2D eigenvalue weighted by Crippen LogP contribution is -2.14. The summed E-state index contributed by atoms with van der Waals surface area (Å²) < 4.78 is 3.46. The molecule has 1 heterocycles. The fourth-order valence-corrected chi connectivity index (χ4v) is 3.36. The second-order valence-corrected chi connectivity index (χ2v) is 6.49. The van der Waals surface area contributed by atoms with Gasteiger partial charge in [0.05, 0.1) is 15.9 Å². The van der Waals surface area contributed by atoms with Gasteiger partial charge in [0.2, 0.25) is 4.80 Å². The molecule has 0 aliphatic rings. The Morgan fingerprint density at radius 2 is 1.83 bits per heavy atom. The van der Waals surface area contributed by atoms with E-state index in [0.717, 1.165) is 29.9 Å². The smallest absolute Gasteiger partial charge is 0.213 e. The molecule has 0 fully saturated rings. The van der Waals surface area contributed by atoms with Crippen LogP contribution in [0, 0.1) is 6.92 Å². The summed E-state index contributed by atoms with van der Waals surface area (Å²) in [5.41, 5.74) is 3.25. The molecule has 0 saturated heterocycles. The molecule has 0 atom stereocenters. The number of hydrogen-bond acceptors (Lipinski definition) is 3. The molecule has 0 unspecified atom stereocenters. The van der Waals surface area contributed by atoms with Crippen molar-refractivity contribution in [2.45, 2.75) is 33.2 Å². The summed E-state index contributed by atoms with van der Waals surface area (Å²) in [6, 6.07) is 16.3. The number of para-hydroxylation sites is 1. The van der Waals surface area contributed by atoms with Crippen LogP contribution in [0.15, 0.2) is 64.0 Å². The zero-order chi connectivity index (χ0) is 16.1. The van der Waals surface area contributed by atoms with Gasteiger partial charge in [-0.15, -0.1) is 10.2 Å².